The second kappa shape index (κ2) is 5.62. The quantitative estimate of drug-likeness (QED) is 0.732. The molecule has 0 radical (unpaired) electrons. The summed E-state index contributed by atoms with van der Waals surface area (Å²) in [5.41, 5.74) is 2.90. The summed E-state index contributed by atoms with van der Waals surface area (Å²) >= 11 is 0.987. The van der Waals surface area contributed by atoms with Crippen molar-refractivity contribution in [3.8, 4) is 0 Å². The average Bonchev–Trinajstić information content (AvgIpc) is 2.32. The number of rotatable bonds is 4. The Morgan fingerprint density at radius 3 is 1.40 bits per heavy atom. The molecule has 0 aliphatic heterocycles. The Morgan fingerprint density at radius 1 is 0.600 bits per heavy atom. The van der Waals surface area contributed by atoms with E-state index in [0.717, 1.165) is 11.8 Å². The van der Waals surface area contributed by atoms with Crippen LogP contribution in [0.2, 0.25) is 0 Å². The lowest BCUT2D eigenvalue weighted by molar-refractivity contribution is 1.36. The van der Waals surface area contributed by atoms with E-state index in [0.29, 0.717) is 0 Å². The molecule has 0 saturated carbocycles. The minimum absolute atomic E-state index is 0.987. The highest BCUT2D eigenvalue weighted by Gasteiger charge is 1.91. The van der Waals surface area contributed by atoms with Gasteiger partial charge in [0.2, 0.25) is 0 Å². The Morgan fingerprint density at radius 2 is 1.00 bits per heavy atom. The molecular formula is C14H16S. The van der Waals surface area contributed by atoms with Gasteiger partial charge in [-0.2, -0.15) is 0 Å². The predicted octanol–water partition coefficient (Wildman–Crippen LogP) is 3.58. The Hall–Kier alpha value is -1.21. The van der Waals surface area contributed by atoms with Crippen LogP contribution in [0.1, 0.15) is 11.1 Å². The normalized spacial score (nSPS) is 10.4. The smallest absolute Gasteiger partial charge is 0.00210 e. The van der Waals surface area contributed by atoms with Gasteiger partial charge in [0.1, 0.15) is 0 Å². The lowest BCUT2D eigenvalue weighted by Crippen LogP contribution is -1.82. The highest BCUT2D eigenvalue weighted by atomic mass is 32.2. The van der Waals surface area contributed by atoms with Crippen molar-refractivity contribution in [2.75, 3.05) is 0 Å². The molecule has 2 rings (SSSR count). The molecule has 2 aromatic carbocycles. The molecule has 0 bridgehead atoms. The molecule has 0 heterocycles. The van der Waals surface area contributed by atoms with E-state index in [1.807, 2.05) is 0 Å². The van der Waals surface area contributed by atoms with E-state index >= 15 is 0 Å². The molecule has 0 saturated heterocycles. The first-order valence-corrected chi connectivity index (χ1v) is 6.65. The Kier molecular flexibility index (Phi) is 3.86. The highest BCUT2D eigenvalue weighted by molar-refractivity contribution is 7.97. The summed E-state index contributed by atoms with van der Waals surface area (Å²) in [5.74, 6) is 2.41. The zero-order valence-corrected chi connectivity index (χ0v) is 9.69. The number of hydrogen-bond acceptors (Lipinski definition) is 0. The van der Waals surface area contributed by atoms with Gasteiger partial charge in [-0.05, 0) is 22.6 Å². The van der Waals surface area contributed by atoms with Crippen molar-refractivity contribution >= 4 is 11.8 Å². The molecule has 0 atom stereocenters. The first kappa shape index (κ1) is 10.3. The topological polar surface area (TPSA) is 0 Å². The Balaban J connectivity index is 1.81. The van der Waals surface area contributed by atoms with Crippen LogP contribution in [-0.4, -0.2) is 0 Å². The Labute approximate surface area is 95.3 Å². The molecule has 0 aromatic heterocycles. The van der Waals surface area contributed by atoms with E-state index in [1.165, 1.54) is 22.6 Å². The summed E-state index contributed by atoms with van der Waals surface area (Å²) in [7, 11) is 0. The van der Waals surface area contributed by atoms with E-state index in [2.05, 4.69) is 60.7 Å². The monoisotopic (exact) mass is 216 g/mol. The molecule has 0 N–H and O–H groups in total. The molecule has 1 heteroatoms. The van der Waals surface area contributed by atoms with Crippen molar-refractivity contribution in [2.24, 2.45) is 0 Å². The molecule has 0 aliphatic rings. The van der Waals surface area contributed by atoms with Crippen LogP contribution in [-0.2, 0) is 11.5 Å². The number of hydrogen-bond donors (Lipinski definition) is 0. The molecule has 0 unspecified atom stereocenters. The standard InChI is InChI=1S/C14H16S/c1-3-7-13(8-4-1)11-15-12-14-9-5-2-6-10-14/h1-10H,11-12,15H2. The predicted molar refractivity (Wildman–Crippen MR) is 70.7 cm³/mol. The third kappa shape index (κ3) is 3.45. The van der Waals surface area contributed by atoms with Gasteiger partial charge >= 0.3 is 0 Å². The van der Waals surface area contributed by atoms with E-state index in [1.54, 1.807) is 0 Å². The second-order valence-electron chi connectivity index (χ2n) is 3.57. The average molecular weight is 216 g/mol. The van der Waals surface area contributed by atoms with Crippen LogP contribution >= 0.6 is 11.8 Å². The van der Waals surface area contributed by atoms with Crippen molar-refractivity contribution in [1.82, 2.24) is 0 Å². The fourth-order valence-corrected chi connectivity index (χ4v) is 2.72. The van der Waals surface area contributed by atoms with Crippen LogP contribution in [0.5, 0.6) is 0 Å². The molecule has 15 heavy (non-hydrogen) atoms. The van der Waals surface area contributed by atoms with Gasteiger partial charge in [-0.1, -0.05) is 60.7 Å². The summed E-state index contributed by atoms with van der Waals surface area (Å²) < 4.78 is 0. The van der Waals surface area contributed by atoms with Crippen molar-refractivity contribution in [2.45, 2.75) is 11.5 Å². The van der Waals surface area contributed by atoms with Crippen LogP contribution in [0.3, 0.4) is 0 Å². The molecular weight excluding hydrogens is 200 g/mol. The van der Waals surface area contributed by atoms with Gasteiger partial charge in [0.15, 0.2) is 0 Å². The highest BCUT2D eigenvalue weighted by Crippen LogP contribution is 2.17. The lowest BCUT2D eigenvalue weighted by atomic mass is 10.2. The van der Waals surface area contributed by atoms with Crippen LogP contribution in [0.15, 0.2) is 60.7 Å². The molecule has 2 aromatic rings. The maximum absolute atomic E-state index is 2.21. The second-order valence-corrected chi connectivity index (χ2v) is 4.78. The zero-order valence-electron chi connectivity index (χ0n) is 8.69. The minimum atomic E-state index is 0.987. The molecule has 0 aliphatic carbocycles. The van der Waals surface area contributed by atoms with Gasteiger partial charge in [-0.15, -0.1) is 0 Å². The fourth-order valence-electron chi connectivity index (χ4n) is 1.54. The van der Waals surface area contributed by atoms with Crippen molar-refractivity contribution in [3.63, 3.8) is 0 Å². The van der Waals surface area contributed by atoms with Crippen LogP contribution in [0.25, 0.3) is 0 Å². The summed E-state index contributed by atoms with van der Waals surface area (Å²) in [5, 5.41) is 0. The first-order valence-electron chi connectivity index (χ1n) is 5.24. The van der Waals surface area contributed by atoms with Crippen LogP contribution < -0.4 is 0 Å². The maximum atomic E-state index is 2.21. The Bertz CT molecular complexity index is 341. The van der Waals surface area contributed by atoms with E-state index < -0.39 is 0 Å². The summed E-state index contributed by atoms with van der Waals surface area (Å²) in [6.07, 6.45) is 0. The van der Waals surface area contributed by atoms with Gasteiger partial charge in [0.25, 0.3) is 0 Å². The van der Waals surface area contributed by atoms with Crippen LogP contribution in [0, 0.1) is 0 Å². The summed E-state index contributed by atoms with van der Waals surface area (Å²) in [6.45, 7) is 0. The molecule has 0 spiro atoms. The SMILES string of the molecule is c1ccc(C[SH2]Cc2ccccc2)cc1. The fraction of sp³-hybridized carbons (Fsp3) is 0.143. The summed E-state index contributed by atoms with van der Waals surface area (Å²) in [4.78, 5) is 0. The first-order chi connectivity index (χ1) is 7.45. The van der Waals surface area contributed by atoms with Crippen molar-refractivity contribution in [1.29, 1.82) is 0 Å². The van der Waals surface area contributed by atoms with Gasteiger partial charge in [-0.25, -0.2) is 0 Å². The van der Waals surface area contributed by atoms with Crippen molar-refractivity contribution < 1.29 is 0 Å². The van der Waals surface area contributed by atoms with Gasteiger partial charge < -0.3 is 0 Å². The number of benzene rings is 2. The third-order valence-electron chi connectivity index (χ3n) is 2.34. The third-order valence-corrected chi connectivity index (χ3v) is 3.66. The largest absolute Gasteiger partial charge is 0.258 e. The minimum Gasteiger partial charge on any atom is -0.258 e. The molecule has 0 amide bonds. The van der Waals surface area contributed by atoms with Gasteiger partial charge in [0, 0.05) is 0 Å². The van der Waals surface area contributed by atoms with E-state index in [-0.39, 0.29) is 0 Å². The maximum Gasteiger partial charge on any atom is -0.00210 e. The molecule has 0 fully saturated rings. The van der Waals surface area contributed by atoms with Crippen molar-refractivity contribution in [3.05, 3.63) is 71.8 Å². The van der Waals surface area contributed by atoms with Crippen LogP contribution in [0.4, 0.5) is 0 Å². The van der Waals surface area contributed by atoms with E-state index in [4.69, 9.17) is 0 Å². The molecule has 0 nitrogen and oxygen atoms in total. The van der Waals surface area contributed by atoms with E-state index in [9.17, 15) is 0 Å². The van der Waals surface area contributed by atoms with Gasteiger partial charge in [-0.3, -0.25) is 11.8 Å². The molecule has 78 valence electrons. The van der Waals surface area contributed by atoms with Gasteiger partial charge in [0.05, 0.1) is 0 Å². The summed E-state index contributed by atoms with van der Waals surface area (Å²) in [6, 6.07) is 21.4. The zero-order chi connectivity index (χ0) is 10.3. The lowest BCUT2D eigenvalue weighted by Gasteiger charge is -2.04.